The largest absolute Gasteiger partial charge is 0.381 e. The number of aromatic nitrogens is 1. The minimum Gasteiger partial charge on any atom is -0.381 e. The first-order chi connectivity index (χ1) is 15.5. The number of carbonyl (C=O) groups excluding carboxylic acids is 1. The van der Waals surface area contributed by atoms with E-state index in [9.17, 15) is 13.2 Å². The number of benzene rings is 1. The molecule has 1 aromatic carbocycles. The van der Waals surface area contributed by atoms with Crippen molar-refractivity contribution in [2.45, 2.75) is 42.9 Å². The van der Waals surface area contributed by atoms with Gasteiger partial charge < -0.3 is 14.8 Å². The number of ether oxygens (including phenoxy) is 2. The summed E-state index contributed by atoms with van der Waals surface area (Å²) in [6, 6.07) is 6.89. The molecule has 1 N–H and O–H groups in total. The molecule has 2 saturated heterocycles. The molecule has 2 fully saturated rings. The minimum absolute atomic E-state index is 0.107. The first-order valence-electron chi connectivity index (χ1n) is 11.2. The van der Waals surface area contributed by atoms with Crippen LogP contribution in [0.3, 0.4) is 0 Å². The van der Waals surface area contributed by atoms with Crippen LogP contribution in [0.5, 0.6) is 0 Å². The van der Waals surface area contributed by atoms with Gasteiger partial charge in [0.05, 0.1) is 16.6 Å². The molecular formula is C23H30N2O5S2. The zero-order chi connectivity index (χ0) is 22.4. The lowest BCUT2D eigenvalue weighted by Crippen LogP contribution is -2.26. The zero-order valence-corrected chi connectivity index (χ0v) is 19.7. The summed E-state index contributed by atoms with van der Waals surface area (Å²) in [4.78, 5) is 17.6. The lowest BCUT2D eigenvalue weighted by Gasteiger charge is -2.26. The Labute approximate surface area is 193 Å². The molecule has 2 aliphatic heterocycles. The Bertz CT molecular complexity index is 964. The Kier molecular flexibility index (Phi) is 7.93. The van der Waals surface area contributed by atoms with E-state index in [0.29, 0.717) is 35.6 Å². The molecule has 7 nitrogen and oxygen atoms in total. The van der Waals surface area contributed by atoms with Gasteiger partial charge in [-0.1, -0.05) is 12.1 Å². The Hall–Kier alpha value is -1.81. The van der Waals surface area contributed by atoms with Crippen LogP contribution in [-0.2, 0) is 24.1 Å². The molecule has 32 heavy (non-hydrogen) atoms. The summed E-state index contributed by atoms with van der Waals surface area (Å²) in [5.41, 5.74) is 0.829. The number of thiazole rings is 1. The van der Waals surface area contributed by atoms with E-state index in [4.69, 9.17) is 9.47 Å². The Morgan fingerprint density at radius 1 is 1.03 bits per heavy atom. The second kappa shape index (κ2) is 10.9. The smallest absolute Gasteiger partial charge is 0.233 e. The van der Waals surface area contributed by atoms with Gasteiger partial charge in [-0.05, 0) is 61.6 Å². The molecule has 1 atom stereocenters. The fraction of sp³-hybridized carbons (Fsp3) is 0.565. The van der Waals surface area contributed by atoms with Gasteiger partial charge in [0, 0.05) is 38.0 Å². The molecule has 2 aromatic rings. The highest BCUT2D eigenvalue weighted by Gasteiger charge is 2.28. The summed E-state index contributed by atoms with van der Waals surface area (Å²) in [5.74, 6) is 0.205. The summed E-state index contributed by atoms with van der Waals surface area (Å²) in [7, 11) is -3.37. The van der Waals surface area contributed by atoms with Crippen LogP contribution in [0.4, 0.5) is 5.13 Å². The second-order valence-corrected chi connectivity index (χ2v) is 11.5. The Morgan fingerprint density at radius 2 is 1.66 bits per heavy atom. The van der Waals surface area contributed by atoms with E-state index in [1.807, 2.05) is 5.38 Å². The zero-order valence-electron chi connectivity index (χ0n) is 18.1. The molecule has 0 saturated carbocycles. The van der Waals surface area contributed by atoms with Crippen molar-refractivity contribution >= 4 is 32.2 Å². The maximum atomic E-state index is 13.1. The van der Waals surface area contributed by atoms with Crippen molar-refractivity contribution in [3.63, 3.8) is 0 Å². The highest BCUT2D eigenvalue weighted by molar-refractivity contribution is 7.91. The molecule has 4 rings (SSSR count). The van der Waals surface area contributed by atoms with Crippen molar-refractivity contribution in [1.29, 1.82) is 0 Å². The Morgan fingerprint density at radius 3 is 2.25 bits per heavy atom. The summed E-state index contributed by atoms with van der Waals surface area (Å²) >= 11 is 1.38. The number of amides is 1. The predicted molar refractivity (Wildman–Crippen MR) is 124 cm³/mol. The van der Waals surface area contributed by atoms with E-state index in [2.05, 4.69) is 10.3 Å². The van der Waals surface area contributed by atoms with Crippen molar-refractivity contribution in [3.8, 4) is 0 Å². The summed E-state index contributed by atoms with van der Waals surface area (Å²) in [6.45, 7) is 2.69. The number of nitrogens with one attached hydrogen (secondary N) is 1. The van der Waals surface area contributed by atoms with E-state index in [1.54, 1.807) is 30.5 Å². The van der Waals surface area contributed by atoms with Gasteiger partial charge in [0.25, 0.3) is 0 Å². The van der Waals surface area contributed by atoms with Crippen molar-refractivity contribution in [2.24, 2.45) is 11.8 Å². The Balaban J connectivity index is 1.50. The van der Waals surface area contributed by atoms with Gasteiger partial charge in [-0.2, -0.15) is 0 Å². The molecule has 0 radical (unpaired) electrons. The topological polar surface area (TPSA) is 94.6 Å². The van der Waals surface area contributed by atoms with Gasteiger partial charge in [-0.25, -0.2) is 13.4 Å². The van der Waals surface area contributed by atoms with E-state index in [1.165, 1.54) is 11.3 Å². The maximum Gasteiger partial charge on any atom is 0.233 e. The van der Waals surface area contributed by atoms with Crippen LogP contribution in [0.25, 0.3) is 0 Å². The average molecular weight is 479 g/mol. The third-order valence-electron chi connectivity index (χ3n) is 6.33. The number of anilines is 1. The monoisotopic (exact) mass is 478 g/mol. The lowest BCUT2D eigenvalue weighted by atomic mass is 9.84. The SMILES string of the molecule is O=C(Nc1nccs1)C(CC1CCOCC1)c1ccc(S(=O)(=O)CC2CCOCC2)cc1. The molecule has 9 heteroatoms. The van der Waals surface area contributed by atoms with Gasteiger partial charge in [-0.15, -0.1) is 11.3 Å². The third kappa shape index (κ3) is 6.15. The van der Waals surface area contributed by atoms with E-state index >= 15 is 0 Å². The molecule has 1 unspecified atom stereocenters. The van der Waals surface area contributed by atoms with Crippen LogP contribution in [0.15, 0.2) is 40.7 Å². The molecule has 174 valence electrons. The highest BCUT2D eigenvalue weighted by atomic mass is 32.2. The van der Waals surface area contributed by atoms with E-state index in [0.717, 1.165) is 44.5 Å². The van der Waals surface area contributed by atoms with Gasteiger partial charge in [0.15, 0.2) is 15.0 Å². The average Bonchev–Trinajstić information content (AvgIpc) is 3.32. The van der Waals surface area contributed by atoms with Crippen molar-refractivity contribution in [1.82, 2.24) is 4.98 Å². The van der Waals surface area contributed by atoms with Gasteiger partial charge >= 0.3 is 0 Å². The first kappa shape index (κ1) is 23.4. The van der Waals surface area contributed by atoms with Gasteiger partial charge in [0.1, 0.15) is 0 Å². The summed E-state index contributed by atoms with van der Waals surface area (Å²) < 4.78 is 36.6. The number of nitrogens with zero attached hydrogens (tertiary/aromatic N) is 1. The molecule has 0 aliphatic carbocycles. The maximum absolute atomic E-state index is 13.1. The molecule has 1 aromatic heterocycles. The van der Waals surface area contributed by atoms with Crippen molar-refractivity contribution < 1.29 is 22.7 Å². The molecule has 2 aliphatic rings. The fourth-order valence-corrected chi connectivity index (χ4v) is 6.64. The molecular weight excluding hydrogens is 448 g/mol. The molecule has 1 amide bonds. The summed E-state index contributed by atoms with van der Waals surface area (Å²) in [5, 5.41) is 5.31. The van der Waals surface area contributed by atoms with E-state index < -0.39 is 9.84 Å². The molecule has 0 bridgehead atoms. The van der Waals surface area contributed by atoms with Crippen LogP contribution < -0.4 is 5.32 Å². The van der Waals surface area contributed by atoms with E-state index in [-0.39, 0.29) is 23.5 Å². The van der Waals surface area contributed by atoms with Crippen molar-refractivity contribution in [3.05, 3.63) is 41.4 Å². The van der Waals surface area contributed by atoms with Crippen LogP contribution in [0.1, 0.15) is 43.6 Å². The van der Waals surface area contributed by atoms with Crippen molar-refractivity contribution in [2.75, 3.05) is 37.5 Å². The molecule has 3 heterocycles. The van der Waals surface area contributed by atoms with Crippen LogP contribution in [-0.4, -0.2) is 51.5 Å². The van der Waals surface area contributed by atoms with Gasteiger partial charge in [0.2, 0.25) is 5.91 Å². The predicted octanol–water partition coefficient (Wildman–Crippen LogP) is 3.88. The first-order valence-corrected chi connectivity index (χ1v) is 13.7. The normalized spacial score (nSPS) is 19.5. The standard InChI is InChI=1S/C23H30N2O5S2/c26-22(25-23-24-9-14-31-23)21(15-17-5-10-29-11-6-17)19-1-3-20(4-2-19)32(27,28)16-18-7-12-30-13-8-18/h1-4,9,14,17-18,21H,5-8,10-13,15-16H2,(H,24,25,26). The number of hydrogen-bond acceptors (Lipinski definition) is 7. The lowest BCUT2D eigenvalue weighted by molar-refractivity contribution is -0.118. The number of carbonyl (C=O) groups is 1. The minimum atomic E-state index is -3.37. The molecule has 0 spiro atoms. The third-order valence-corrected chi connectivity index (χ3v) is 8.92. The van der Waals surface area contributed by atoms with Gasteiger partial charge in [-0.3, -0.25) is 4.79 Å². The summed E-state index contributed by atoms with van der Waals surface area (Å²) in [6.07, 6.45) is 5.78. The number of hydrogen-bond donors (Lipinski definition) is 1. The quantitative estimate of drug-likeness (QED) is 0.619. The number of sulfone groups is 1. The van der Waals surface area contributed by atoms with Crippen LogP contribution in [0.2, 0.25) is 0 Å². The highest BCUT2D eigenvalue weighted by Crippen LogP contribution is 2.32. The van der Waals surface area contributed by atoms with Crippen LogP contribution in [0, 0.1) is 11.8 Å². The number of rotatable bonds is 8. The van der Waals surface area contributed by atoms with Crippen LogP contribution >= 0.6 is 11.3 Å². The second-order valence-electron chi connectivity index (χ2n) is 8.58. The fourth-order valence-electron chi connectivity index (χ4n) is 4.41.